The van der Waals surface area contributed by atoms with E-state index in [9.17, 15) is 4.79 Å². The first-order valence-corrected chi connectivity index (χ1v) is 6.22. The van der Waals surface area contributed by atoms with E-state index in [1.807, 2.05) is 26.4 Å². The van der Waals surface area contributed by atoms with Crippen molar-refractivity contribution in [3.05, 3.63) is 47.5 Å². The van der Waals surface area contributed by atoms with Crippen molar-refractivity contribution in [1.29, 1.82) is 0 Å². The molecule has 0 saturated heterocycles. The number of carbonyl (C=O) groups is 1. The Kier molecular flexibility index (Phi) is 2.78. The fourth-order valence-electron chi connectivity index (χ4n) is 2.32. The highest BCUT2D eigenvalue weighted by atomic mass is 16.4. The van der Waals surface area contributed by atoms with Crippen LogP contribution in [0.1, 0.15) is 21.7 Å². The van der Waals surface area contributed by atoms with Crippen molar-refractivity contribution in [2.45, 2.75) is 13.5 Å². The molecule has 102 valence electrons. The molecule has 2 aromatic heterocycles. The van der Waals surface area contributed by atoms with E-state index in [4.69, 9.17) is 5.11 Å². The van der Waals surface area contributed by atoms with Gasteiger partial charge in [0.2, 0.25) is 0 Å². The van der Waals surface area contributed by atoms with Gasteiger partial charge in [-0.2, -0.15) is 5.10 Å². The number of carboxylic acid groups (broad SMARTS) is 1. The molecule has 3 aromatic rings. The lowest BCUT2D eigenvalue weighted by atomic mass is 10.2. The fraction of sp³-hybridized carbons (Fsp3) is 0.214. The lowest BCUT2D eigenvalue weighted by Crippen LogP contribution is -2.01. The van der Waals surface area contributed by atoms with Crippen LogP contribution in [-0.2, 0) is 13.6 Å². The highest BCUT2D eigenvalue weighted by Gasteiger charge is 2.11. The molecule has 0 aliphatic rings. The summed E-state index contributed by atoms with van der Waals surface area (Å²) in [6.07, 6.45) is 3.77. The van der Waals surface area contributed by atoms with Crippen molar-refractivity contribution in [2.75, 3.05) is 0 Å². The lowest BCUT2D eigenvalue weighted by molar-refractivity contribution is 0.0697. The number of hydrogen-bond acceptors (Lipinski definition) is 3. The van der Waals surface area contributed by atoms with Gasteiger partial charge in [-0.1, -0.05) is 0 Å². The third-order valence-corrected chi connectivity index (χ3v) is 3.29. The Labute approximate surface area is 115 Å². The molecular weight excluding hydrogens is 256 g/mol. The number of imidazole rings is 1. The number of nitrogens with zero attached hydrogens (tertiary/aromatic N) is 4. The number of fused-ring (bicyclic) bond motifs is 1. The number of aromatic nitrogens is 4. The molecule has 0 spiro atoms. The molecule has 0 radical (unpaired) electrons. The minimum absolute atomic E-state index is 0.253. The zero-order valence-electron chi connectivity index (χ0n) is 11.2. The van der Waals surface area contributed by atoms with E-state index < -0.39 is 5.97 Å². The van der Waals surface area contributed by atoms with Crippen LogP contribution in [0.5, 0.6) is 0 Å². The Bertz CT molecular complexity index is 801. The summed E-state index contributed by atoms with van der Waals surface area (Å²) in [7, 11) is 1.88. The Morgan fingerprint density at radius 3 is 2.85 bits per heavy atom. The first kappa shape index (κ1) is 12.4. The molecule has 2 heterocycles. The Balaban J connectivity index is 2.06. The van der Waals surface area contributed by atoms with Gasteiger partial charge in [-0.25, -0.2) is 9.78 Å². The molecule has 6 nitrogen and oxygen atoms in total. The second-order valence-electron chi connectivity index (χ2n) is 4.78. The molecule has 1 N–H and O–H groups in total. The van der Waals surface area contributed by atoms with Crippen LogP contribution in [0.15, 0.2) is 30.6 Å². The molecular formula is C14H14N4O2. The van der Waals surface area contributed by atoms with Gasteiger partial charge in [0.15, 0.2) is 0 Å². The summed E-state index contributed by atoms with van der Waals surface area (Å²) in [4.78, 5) is 15.4. The van der Waals surface area contributed by atoms with Gasteiger partial charge in [-0.05, 0) is 25.1 Å². The van der Waals surface area contributed by atoms with Gasteiger partial charge in [-0.15, -0.1) is 0 Å². The normalized spacial score (nSPS) is 11.1. The molecule has 0 fully saturated rings. The molecule has 6 heteroatoms. The summed E-state index contributed by atoms with van der Waals surface area (Å²) in [5.74, 6) is -0.0854. The number of benzene rings is 1. The summed E-state index contributed by atoms with van der Waals surface area (Å²) >= 11 is 0. The molecule has 20 heavy (non-hydrogen) atoms. The van der Waals surface area contributed by atoms with Crippen molar-refractivity contribution in [3.63, 3.8) is 0 Å². The summed E-state index contributed by atoms with van der Waals surface area (Å²) in [6.45, 7) is 2.58. The smallest absolute Gasteiger partial charge is 0.335 e. The van der Waals surface area contributed by atoms with E-state index in [0.717, 1.165) is 16.9 Å². The van der Waals surface area contributed by atoms with E-state index in [1.54, 1.807) is 22.9 Å². The molecule has 0 atom stereocenters. The number of hydrogen-bond donors (Lipinski definition) is 1. The Morgan fingerprint density at radius 2 is 2.20 bits per heavy atom. The third kappa shape index (κ3) is 2.05. The minimum Gasteiger partial charge on any atom is -0.478 e. The molecule has 3 rings (SSSR count). The predicted molar refractivity (Wildman–Crippen MR) is 73.7 cm³/mol. The maximum atomic E-state index is 11.0. The largest absolute Gasteiger partial charge is 0.478 e. The fourth-order valence-corrected chi connectivity index (χ4v) is 2.32. The second-order valence-corrected chi connectivity index (χ2v) is 4.78. The third-order valence-electron chi connectivity index (χ3n) is 3.29. The summed E-state index contributed by atoms with van der Waals surface area (Å²) in [5, 5.41) is 13.2. The van der Waals surface area contributed by atoms with E-state index in [-0.39, 0.29) is 5.56 Å². The van der Waals surface area contributed by atoms with E-state index >= 15 is 0 Å². The average molecular weight is 270 g/mol. The SMILES string of the molecule is Cc1nc2cc(C(=O)O)ccc2n1Cc1cnn(C)c1. The predicted octanol–water partition coefficient (Wildman–Crippen LogP) is 1.82. The summed E-state index contributed by atoms with van der Waals surface area (Å²) in [6, 6.07) is 5.01. The summed E-state index contributed by atoms with van der Waals surface area (Å²) < 4.78 is 3.81. The van der Waals surface area contributed by atoms with Crippen molar-refractivity contribution in [2.24, 2.45) is 7.05 Å². The highest BCUT2D eigenvalue weighted by molar-refractivity contribution is 5.92. The van der Waals surface area contributed by atoms with Crippen LogP contribution < -0.4 is 0 Å². The van der Waals surface area contributed by atoms with Crippen LogP contribution in [0.4, 0.5) is 0 Å². The zero-order valence-corrected chi connectivity index (χ0v) is 11.2. The van der Waals surface area contributed by atoms with Crippen LogP contribution in [0.25, 0.3) is 11.0 Å². The quantitative estimate of drug-likeness (QED) is 0.788. The molecule has 0 aliphatic heterocycles. The number of carboxylic acids is 1. The number of aryl methyl sites for hydroxylation is 2. The summed E-state index contributed by atoms with van der Waals surface area (Å²) in [5.41, 5.74) is 2.96. The molecule has 1 aromatic carbocycles. The monoisotopic (exact) mass is 270 g/mol. The Morgan fingerprint density at radius 1 is 1.40 bits per heavy atom. The van der Waals surface area contributed by atoms with E-state index in [1.165, 1.54) is 0 Å². The highest BCUT2D eigenvalue weighted by Crippen LogP contribution is 2.19. The van der Waals surface area contributed by atoms with Crippen molar-refractivity contribution < 1.29 is 9.90 Å². The zero-order chi connectivity index (χ0) is 14.3. The molecule has 0 unspecified atom stereocenters. The standard InChI is InChI=1S/C14H14N4O2/c1-9-16-12-5-11(14(19)20)3-4-13(12)18(9)8-10-6-15-17(2)7-10/h3-7H,8H2,1-2H3,(H,19,20). The van der Waals surface area contributed by atoms with Gasteiger partial charge in [0.1, 0.15) is 5.82 Å². The van der Waals surface area contributed by atoms with Crippen molar-refractivity contribution in [1.82, 2.24) is 19.3 Å². The maximum absolute atomic E-state index is 11.0. The molecule has 0 aliphatic carbocycles. The first-order chi connectivity index (χ1) is 9.54. The van der Waals surface area contributed by atoms with Gasteiger partial charge < -0.3 is 9.67 Å². The van der Waals surface area contributed by atoms with E-state index in [2.05, 4.69) is 14.6 Å². The van der Waals surface area contributed by atoms with Crippen LogP contribution in [-0.4, -0.2) is 30.4 Å². The van der Waals surface area contributed by atoms with Crippen molar-refractivity contribution >= 4 is 17.0 Å². The van der Waals surface area contributed by atoms with Gasteiger partial charge in [-0.3, -0.25) is 4.68 Å². The van der Waals surface area contributed by atoms with Crippen LogP contribution in [0.2, 0.25) is 0 Å². The first-order valence-electron chi connectivity index (χ1n) is 6.22. The van der Waals surface area contributed by atoms with Crippen molar-refractivity contribution in [3.8, 4) is 0 Å². The van der Waals surface area contributed by atoms with Crippen LogP contribution in [0, 0.1) is 6.92 Å². The molecule has 0 amide bonds. The second kappa shape index (κ2) is 4.48. The van der Waals surface area contributed by atoms with E-state index in [0.29, 0.717) is 12.1 Å². The van der Waals surface area contributed by atoms with Gasteiger partial charge >= 0.3 is 5.97 Å². The van der Waals surface area contributed by atoms with Crippen LogP contribution in [0.3, 0.4) is 0 Å². The molecule has 0 bridgehead atoms. The maximum Gasteiger partial charge on any atom is 0.335 e. The van der Waals surface area contributed by atoms with Crippen LogP contribution >= 0.6 is 0 Å². The number of rotatable bonds is 3. The van der Waals surface area contributed by atoms with Gasteiger partial charge in [0, 0.05) is 18.8 Å². The Hall–Kier alpha value is -2.63. The topological polar surface area (TPSA) is 72.9 Å². The van der Waals surface area contributed by atoms with Gasteiger partial charge in [0.25, 0.3) is 0 Å². The molecule has 0 saturated carbocycles. The minimum atomic E-state index is -0.939. The number of aromatic carboxylic acids is 1. The average Bonchev–Trinajstić information content (AvgIpc) is 2.94. The van der Waals surface area contributed by atoms with Gasteiger partial charge in [0.05, 0.1) is 29.3 Å². The lowest BCUT2D eigenvalue weighted by Gasteiger charge is -2.04.